The maximum atomic E-state index is 14.1. The number of benzene rings is 2. The normalized spacial score (nSPS) is 18.3. The Bertz CT molecular complexity index is 768. The highest BCUT2D eigenvalue weighted by molar-refractivity contribution is 8.00. The lowest BCUT2D eigenvalue weighted by Gasteiger charge is -2.26. The van der Waals surface area contributed by atoms with Crippen molar-refractivity contribution in [2.45, 2.75) is 31.6 Å². The van der Waals surface area contributed by atoms with Gasteiger partial charge in [-0.15, -0.1) is 11.8 Å². The summed E-state index contributed by atoms with van der Waals surface area (Å²) >= 11 is 1.45. The smallest absolute Gasteiger partial charge is 0.238 e. The summed E-state index contributed by atoms with van der Waals surface area (Å²) in [6.07, 6.45) is 0. The maximum Gasteiger partial charge on any atom is 0.238 e. The molecule has 2 aromatic carbocycles. The number of nitrogens with zero attached hydrogens (tertiary/aromatic N) is 1. The van der Waals surface area contributed by atoms with Crippen LogP contribution >= 0.6 is 11.8 Å². The molecule has 2 aromatic rings. The first-order valence-electron chi connectivity index (χ1n) is 7.76. The zero-order valence-electron chi connectivity index (χ0n) is 13.8. The van der Waals surface area contributed by atoms with Crippen LogP contribution in [-0.2, 0) is 10.2 Å². The minimum Gasteiger partial charge on any atom is -0.292 e. The third-order valence-electron chi connectivity index (χ3n) is 4.10. The highest BCUT2D eigenvalue weighted by Gasteiger charge is 2.35. The molecule has 126 valence electrons. The summed E-state index contributed by atoms with van der Waals surface area (Å²) in [6.45, 7) is 6.40. The predicted molar refractivity (Wildman–Crippen MR) is 94.2 cm³/mol. The number of carbonyl (C=O) groups is 1. The molecule has 1 amide bonds. The van der Waals surface area contributed by atoms with E-state index in [4.69, 9.17) is 0 Å². The highest BCUT2D eigenvalue weighted by Crippen LogP contribution is 2.43. The van der Waals surface area contributed by atoms with Crippen molar-refractivity contribution in [2.24, 2.45) is 0 Å². The van der Waals surface area contributed by atoms with Crippen molar-refractivity contribution >= 4 is 23.4 Å². The fourth-order valence-corrected chi connectivity index (χ4v) is 3.92. The lowest BCUT2D eigenvalue weighted by Crippen LogP contribution is -2.28. The summed E-state index contributed by atoms with van der Waals surface area (Å²) in [6, 6.07) is 11.3. The van der Waals surface area contributed by atoms with E-state index < -0.39 is 11.6 Å². The molecular weight excluding hydrogens is 328 g/mol. The van der Waals surface area contributed by atoms with Gasteiger partial charge in [0.05, 0.1) is 11.4 Å². The van der Waals surface area contributed by atoms with Crippen LogP contribution < -0.4 is 4.90 Å². The number of halogens is 2. The molecule has 0 spiro atoms. The molecule has 0 bridgehead atoms. The zero-order chi connectivity index (χ0) is 17.5. The fourth-order valence-electron chi connectivity index (χ4n) is 2.76. The first kappa shape index (κ1) is 17.0. The van der Waals surface area contributed by atoms with Crippen molar-refractivity contribution in [1.82, 2.24) is 0 Å². The van der Waals surface area contributed by atoms with Gasteiger partial charge in [0.1, 0.15) is 17.0 Å². The van der Waals surface area contributed by atoms with Crippen LogP contribution in [0.1, 0.15) is 37.3 Å². The van der Waals surface area contributed by atoms with Gasteiger partial charge in [0.15, 0.2) is 0 Å². The summed E-state index contributed by atoms with van der Waals surface area (Å²) in [5.41, 5.74) is 2.29. The second-order valence-corrected chi connectivity index (χ2v) is 7.96. The van der Waals surface area contributed by atoms with E-state index in [1.807, 2.05) is 24.3 Å². The number of anilines is 1. The number of thioether (sulfide) groups is 1. The molecule has 0 N–H and O–H groups in total. The Morgan fingerprint density at radius 3 is 2.33 bits per heavy atom. The lowest BCUT2D eigenvalue weighted by atomic mass is 9.86. The second-order valence-electron chi connectivity index (χ2n) is 6.89. The van der Waals surface area contributed by atoms with Crippen molar-refractivity contribution in [1.29, 1.82) is 0 Å². The summed E-state index contributed by atoms with van der Waals surface area (Å²) in [7, 11) is 0. The van der Waals surface area contributed by atoms with E-state index in [-0.39, 0.29) is 28.1 Å². The van der Waals surface area contributed by atoms with E-state index in [9.17, 15) is 13.6 Å². The van der Waals surface area contributed by atoms with Crippen LogP contribution in [-0.4, -0.2) is 11.7 Å². The number of hydrogen-bond donors (Lipinski definition) is 0. The third-order valence-corrected chi connectivity index (χ3v) is 5.31. The lowest BCUT2D eigenvalue weighted by molar-refractivity contribution is -0.115. The fraction of sp³-hybridized carbons (Fsp3) is 0.316. The van der Waals surface area contributed by atoms with Crippen LogP contribution in [0.15, 0.2) is 42.5 Å². The predicted octanol–water partition coefficient (Wildman–Crippen LogP) is 5.04. The Balaban J connectivity index is 1.96. The van der Waals surface area contributed by atoms with Gasteiger partial charge in [-0.1, -0.05) is 45.0 Å². The highest BCUT2D eigenvalue weighted by atomic mass is 32.2. The van der Waals surface area contributed by atoms with Gasteiger partial charge in [-0.05, 0) is 28.7 Å². The molecule has 0 aromatic heterocycles. The van der Waals surface area contributed by atoms with Crippen LogP contribution in [0, 0.1) is 11.6 Å². The molecule has 2 nitrogen and oxygen atoms in total. The van der Waals surface area contributed by atoms with Crippen LogP contribution in [0.3, 0.4) is 0 Å². The number of amides is 1. The van der Waals surface area contributed by atoms with Crippen LogP contribution in [0.5, 0.6) is 0 Å². The molecule has 0 aliphatic carbocycles. The minimum absolute atomic E-state index is 0.0416. The zero-order valence-corrected chi connectivity index (χ0v) is 14.7. The van der Waals surface area contributed by atoms with Gasteiger partial charge in [0, 0.05) is 6.07 Å². The van der Waals surface area contributed by atoms with Gasteiger partial charge >= 0.3 is 0 Å². The van der Waals surface area contributed by atoms with Crippen molar-refractivity contribution in [3.05, 3.63) is 65.2 Å². The maximum absolute atomic E-state index is 14.1. The molecular formula is C19H19F2NOS. The monoisotopic (exact) mass is 347 g/mol. The summed E-state index contributed by atoms with van der Waals surface area (Å²) in [5.74, 6) is -1.26. The van der Waals surface area contributed by atoms with Gasteiger partial charge in [0.25, 0.3) is 0 Å². The van der Waals surface area contributed by atoms with Crippen LogP contribution in [0.2, 0.25) is 0 Å². The molecule has 1 atom stereocenters. The minimum atomic E-state index is -0.720. The average molecular weight is 347 g/mol. The largest absolute Gasteiger partial charge is 0.292 e. The standard InChI is InChI=1S/C19H19F2NOS/c1-19(2,3)13-6-4-12(5-7-13)18-22(17(23)11-24-18)16-9-8-14(20)10-15(16)21/h4-10,18H,11H2,1-3H3. The number of carbonyl (C=O) groups excluding carboxylic acids is 1. The Kier molecular flexibility index (Phi) is 4.38. The SMILES string of the molecule is CC(C)(C)c1ccc(C2SCC(=O)N2c2ccc(F)cc2F)cc1. The molecule has 24 heavy (non-hydrogen) atoms. The van der Waals surface area contributed by atoms with E-state index in [1.165, 1.54) is 34.4 Å². The molecule has 1 unspecified atom stereocenters. The van der Waals surface area contributed by atoms with Crippen molar-refractivity contribution in [3.63, 3.8) is 0 Å². The molecule has 3 rings (SSSR count). The molecule has 0 saturated carbocycles. The average Bonchev–Trinajstić information content (AvgIpc) is 2.88. The molecule has 1 aliphatic heterocycles. The molecule has 5 heteroatoms. The first-order valence-corrected chi connectivity index (χ1v) is 8.81. The van der Waals surface area contributed by atoms with Gasteiger partial charge < -0.3 is 0 Å². The van der Waals surface area contributed by atoms with Crippen molar-refractivity contribution < 1.29 is 13.6 Å². The number of hydrogen-bond acceptors (Lipinski definition) is 2. The van der Waals surface area contributed by atoms with Gasteiger partial charge in [-0.3, -0.25) is 9.69 Å². The molecule has 1 aliphatic rings. The van der Waals surface area contributed by atoms with E-state index in [0.29, 0.717) is 0 Å². The summed E-state index contributed by atoms with van der Waals surface area (Å²) in [5, 5.41) is -0.300. The quantitative estimate of drug-likeness (QED) is 0.758. The second kappa shape index (κ2) is 6.20. The molecule has 1 heterocycles. The van der Waals surface area contributed by atoms with Crippen LogP contribution in [0.25, 0.3) is 0 Å². The topological polar surface area (TPSA) is 20.3 Å². The first-order chi connectivity index (χ1) is 11.3. The van der Waals surface area contributed by atoms with E-state index >= 15 is 0 Å². The third kappa shape index (κ3) is 3.18. The Labute approximate surface area is 144 Å². The van der Waals surface area contributed by atoms with Crippen molar-refractivity contribution in [2.75, 3.05) is 10.7 Å². The summed E-state index contributed by atoms with van der Waals surface area (Å²) in [4.78, 5) is 13.7. The molecule has 1 fully saturated rings. The Morgan fingerprint density at radius 2 is 1.75 bits per heavy atom. The van der Waals surface area contributed by atoms with E-state index in [0.717, 1.165) is 11.6 Å². The Hall–Kier alpha value is -1.88. The van der Waals surface area contributed by atoms with Crippen molar-refractivity contribution in [3.8, 4) is 0 Å². The van der Waals surface area contributed by atoms with Gasteiger partial charge in [0.2, 0.25) is 5.91 Å². The Morgan fingerprint density at radius 1 is 1.08 bits per heavy atom. The van der Waals surface area contributed by atoms with Crippen LogP contribution in [0.4, 0.5) is 14.5 Å². The van der Waals surface area contributed by atoms with E-state index in [2.05, 4.69) is 20.8 Å². The van der Waals surface area contributed by atoms with Gasteiger partial charge in [-0.25, -0.2) is 8.78 Å². The summed E-state index contributed by atoms with van der Waals surface area (Å²) < 4.78 is 27.3. The molecule has 0 radical (unpaired) electrons. The molecule has 1 saturated heterocycles. The number of rotatable bonds is 2. The van der Waals surface area contributed by atoms with E-state index in [1.54, 1.807) is 0 Å². The van der Waals surface area contributed by atoms with Gasteiger partial charge in [-0.2, -0.15) is 0 Å².